The molecule has 0 heterocycles. The molecule has 1 nitrogen and oxygen atoms in total. The normalized spacial score (nSPS) is 23.2. The first-order valence-corrected chi connectivity index (χ1v) is 3.39. The molecular formula is C9H8FN. The molecule has 0 N–H and O–H groups in total. The molecule has 1 unspecified atom stereocenters. The van der Waals surface area contributed by atoms with Crippen molar-refractivity contribution < 1.29 is 4.39 Å². The standard InChI is InChI=1S/C9H8FN/c1-7-4-8(6-11)2-3-9(10)5-7/h2-5,7H,1H3. The lowest BCUT2D eigenvalue weighted by Gasteiger charge is -1.94. The van der Waals surface area contributed by atoms with Crippen molar-refractivity contribution in [2.45, 2.75) is 6.92 Å². The molecule has 1 aliphatic carbocycles. The summed E-state index contributed by atoms with van der Waals surface area (Å²) in [7, 11) is 0. The summed E-state index contributed by atoms with van der Waals surface area (Å²) in [4.78, 5) is 0. The van der Waals surface area contributed by atoms with Crippen LogP contribution in [0.1, 0.15) is 6.92 Å². The van der Waals surface area contributed by atoms with Crippen molar-refractivity contribution in [2.75, 3.05) is 0 Å². The van der Waals surface area contributed by atoms with E-state index < -0.39 is 0 Å². The zero-order chi connectivity index (χ0) is 8.27. The van der Waals surface area contributed by atoms with E-state index in [4.69, 9.17) is 5.26 Å². The van der Waals surface area contributed by atoms with Gasteiger partial charge in [0.05, 0.1) is 6.07 Å². The second kappa shape index (κ2) is 3.16. The summed E-state index contributed by atoms with van der Waals surface area (Å²) in [5.41, 5.74) is 0.515. The van der Waals surface area contributed by atoms with Crippen LogP contribution in [0.4, 0.5) is 4.39 Å². The number of allylic oxidation sites excluding steroid dienone is 6. The number of hydrogen-bond acceptors (Lipinski definition) is 1. The highest BCUT2D eigenvalue weighted by Crippen LogP contribution is 2.15. The second-order valence-corrected chi connectivity index (χ2v) is 2.48. The summed E-state index contributed by atoms with van der Waals surface area (Å²) in [6, 6.07) is 1.97. The van der Waals surface area contributed by atoms with Crippen LogP contribution in [0.15, 0.2) is 35.7 Å². The topological polar surface area (TPSA) is 23.8 Å². The van der Waals surface area contributed by atoms with Crippen molar-refractivity contribution in [3.05, 3.63) is 35.7 Å². The molecule has 2 heteroatoms. The van der Waals surface area contributed by atoms with Gasteiger partial charge < -0.3 is 0 Å². The Balaban J connectivity index is 2.94. The first kappa shape index (κ1) is 7.74. The van der Waals surface area contributed by atoms with Gasteiger partial charge >= 0.3 is 0 Å². The third kappa shape index (κ3) is 2.05. The summed E-state index contributed by atoms with van der Waals surface area (Å²) < 4.78 is 12.6. The van der Waals surface area contributed by atoms with E-state index in [1.165, 1.54) is 18.2 Å². The van der Waals surface area contributed by atoms with Gasteiger partial charge in [0.15, 0.2) is 0 Å². The molecule has 0 aromatic heterocycles. The minimum absolute atomic E-state index is 0.000324. The zero-order valence-corrected chi connectivity index (χ0v) is 6.21. The average molecular weight is 149 g/mol. The van der Waals surface area contributed by atoms with E-state index in [1.807, 2.05) is 13.0 Å². The fourth-order valence-electron chi connectivity index (χ4n) is 0.938. The molecule has 56 valence electrons. The Labute approximate surface area is 65.1 Å². The Kier molecular flexibility index (Phi) is 2.22. The molecule has 0 aromatic carbocycles. The SMILES string of the molecule is CC1C=C(F)C=CC(C#N)=C1. The van der Waals surface area contributed by atoms with Gasteiger partial charge in [-0.1, -0.05) is 13.0 Å². The summed E-state index contributed by atoms with van der Waals surface area (Å²) in [6.45, 7) is 1.84. The third-order valence-corrected chi connectivity index (χ3v) is 1.42. The van der Waals surface area contributed by atoms with Crippen LogP contribution in [-0.2, 0) is 0 Å². The zero-order valence-electron chi connectivity index (χ0n) is 6.21. The lowest BCUT2D eigenvalue weighted by molar-refractivity contribution is 0.654. The van der Waals surface area contributed by atoms with Crippen molar-refractivity contribution in [1.29, 1.82) is 5.26 Å². The molecule has 0 bridgehead atoms. The number of halogens is 1. The van der Waals surface area contributed by atoms with E-state index in [-0.39, 0.29) is 11.7 Å². The molecule has 0 saturated heterocycles. The molecule has 0 aliphatic heterocycles. The van der Waals surface area contributed by atoms with Gasteiger partial charge in [-0.3, -0.25) is 0 Å². The van der Waals surface area contributed by atoms with Crippen LogP contribution in [0.25, 0.3) is 0 Å². The van der Waals surface area contributed by atoms with Crippen molar-refractivity contribution in [2.24, 2.45) is 5.92 Å². The van der Waals surface area contributed by atoms with E-state index >= 15 is 0 Å². The van der Waals surface area contributed by atoms with Gasteiger partial charge in [-0.2, -0.15) is 5.26 Å². The molecule has 0 spiro atoms. The lowest BCUT2D eigenvalue weighted by atomic mass is 10.1. The van der Waals surface area contributed by atoms with Crippen LogP contribution in [0.3, 0.4) is 0 Å². The first-order valence-electron chi connectivity index (χ1n) is 3.39. The van der Waals surface area contributed by atoms with Crippen LogP contribution in [0, 0.1) is 17.2 Å². The van der Waals surface area contributed by atoms with Crippen molar-refractivity contribution in [3.63, 3.8) is 0 Å². The van der Waals surface area contributed by atoms with E-state index in [0.29, 0.717) is 5.57 Å². The molecule has 0 fully saturated rings. The lowest BCUT2D eigenvalue weighted by Crippen LogP contribution is -1.83. The minimum atomic E-state index is -0.279. The van der Waals surface area contributed by atoms with Gasteiger partial charge in [0, 0.05) is 5.57 Å². The summed E-state index contributed by atoms with van der Waals surface area (Å²) in [5.74, 6) is -0.279. The molecule has 0 radical (unpaired) electrons. The van der Waals surface area contributed by atoms with Crippen LogP contribution in [0.5, 0.6) is 0 Å². The maximum atomic E-state index is 12.6. The smallest absolute Gasteiger partial charge is 0.119 e. The van der Waals surface area contributed by atoms with Gasteiger partial charge in [0.2, 0.25) is 0 Å². The summed E-state index contributed by atoms with van der Waals surface area (Å²) in [6.07, 6.45) is 5.98. The van der Waals surface area contributed by atoms with Gasteiger partial charge in [-0.25, -0.2) is 4.39 Å². The molecule has 1 aliphatic rings. The maximum absolute atomic E-state index is 12.6. The number of rotatable bonds is 0. The van der Waals surface area contributed by atoms with Crippen molar-refractivity contribution in [1.82, 2.24) is 0 Å². The molecule has 0 saturated carbocycles. The monoisotopic (exact) mass is 149 g/mol. The molecular weight excluding hydrogens is 141 g/mol. The summed E-state index contributed by atoms with van der Waals surface area (Å²) >= 11 is 0. The van der Waals surface area contributed by atoms with E-state index in [9.17, 15) is 4.39 Å². The van der Waals surface area contributed by atoms with E-state index in [0.717, 1.165) is 0 Å². The third-order valence-electron chi connectivity index (χ3n) is 1.42. The average Bonchev–Trinajstić information content (AvgIpc) is 2.11. The highest BCUT2D eigenvalue weighted by molar-refractivity contribution is 5.39. The highest BCUT2D eigenvalue weighted by Gasteiger charge is 2.02. The Morgan fingerprint density at radius 2 is 2.18 bits per heavy atom. The van der Waals surface area contributed by atoms with Crippen LogP contribution < -0.4 is 0 Å². The number of nitriles is 1. The van der Waals surface area contributed by atoms with Gasteiger partial charge in [0.1, 0.15) is 5.83 Å². The Morgan fingerprint density at radius 1 is 1.45 bits per heavy atom. The van der Waals surface area contributed by atoms with Crippen LogP contribution in [0.2, 0.25) is 0 Å². The molecule has 11 heavy (non-hydrogen) atoms. The van der Waals surface area contributed by atoms with Crippen LogP contribution >= 0.6 is 0 Å². The quantitative estimate of drug-likeness (QED) is 0.519. The Bertz CT molecular complexity index is 278. The predicted molar refractivity (Wildman–Crippen MR) is 41.2 cm³/mol. The molecule has 0 aromatic rings. The summed E-state index contributed by atoms with van der Waals surface area (Å²) in [5, 5.41) is 8.50. The Hall–Kier alpha value is -1.36. The predicted octanol–water partition coefficient (Wildman–Crippen LogP) is 2.50. The first-order chi connectivity index (χ1) is 5.22. The largest absolute Gasteiger partial charge is 0.207 e. The van der Waals surface area contributed by atoms with Gasteiger partial charge in [-0.15, -0.1) is 0 Å². The number of nitrogens with zero attached hydrogens (tertiary/aromatic N) is 1. The molecule has 1 atom stereocenters. The minimum Gasteiger partial charge on any atom is -0.207 e. The molecule has 1 rings (SSSR count). The van der Waals surface area contributed by atoms with Gasteiger partial charge in [-0.05, 0) is 24.1 Å². The fourth-order valence-corrected chi connectivity index (χ4v) is 0.938. The second-order valence-electron chi connectivity index (χ2n) is 2.48. The number of hydrogen-bond donors (Lipinski definition) is 0. The van der Waals surface area contributed by atoms with Crippen molar-refractivity contribution >= 4 is 0 Å². The van der Waals surface area contributed by atoms with Crippen LogP contribution in [-0.4, -0.2) is 0 Å². The molecule has 0 amide bonds. The highest BCUT2D eigenvalue weighted by atomic mass is 19.1. The van der Waals surface area contributed by atoms with E-state index in [1.54, 1.807) is 6.08 Å². The Morgan fingerprint density at radius 3 is 2.82 bits per heavy atom. The van der Waals surface area contributed by atoms with E-state index in [2.05, 4.69) is 0 Å². The maximum Gasteiger partial charge on any atom is 0.119 e. The fraction of sp³-hybridized carbons (Fsp3) is 0.222. The van der Waals surface area contributed by atoms with Gasteiger partial charge in [0.25, 0.3) is 0 Å². The van der Waals surface area contributed by atoms with Crippen molar-refractivity contribution in [3.8, 4) is 6.07 Å².